The molecule has 11 nitrogen and oxygen atoms in total. The quantitative estimate of drug-likeness (QED) is 0.666. The molecule has 3 aliphatic rings. The van der Waals surface area contributed by atoms with E-state index in [2.05, 4.69) is 10.2 Å². The highest BCUT2D eigenvalue weighted by atomic mass is 16.7. The van der Waals surface area contributed by atoms with Gasteiger partial charge in [-0.15, -0.1) is 0 Å². The highest BCUT2D eigenvalue weighted by Gasteiger charge is 2.38. The molecular weight excluding hydrogens is 430 g/mol. The Morgan fingerprint density at radius 3 is 2.52 bits per heavy atom. The number of hydrogen-bond acceptors (Lipinski definition) is 7. The zero-order valence-corrected chi connectivity index (χ0v) is 18.5. The molecule has 11 heteroatoms. The van der Waals surface area contributed by atoms with Crippen LogP contribution in [0.1, 0.15) is 23.5 Å². The summed E-state index contributed by atoms with van der Waals surface area (Å²) < 4.78 is 13.0. The van der Waals surface area contributed by atoms with Crippen molar-refractivity contribution in [3.63, 3.8) is 0 Å². The van der Waals surface area contributed by atoms with Gasteiger partial charge in [-0.2, -0.15) is 0 Å². The van der Waals surface area contributed by atoms with Crippen molar-refractivity contribution in [1.29, 1.82) is 0 Å². The highest BCUT2D eigenvalue weighted by Crippen LogP contribution is 2.33. The van der Waals surface area contributed by atoms with Crippen LogP contribution in [-0.4, -0.2) is 63.7 Å². The van der Waals surface area contributed by atoms with Crippen LogP contribution < -0.4 is 26.0 Å². The molecule has 1 unspecified atom stereocenters. The van der Waals surface area contributed by atoms with Crippen molar-refractivity contribution in [3.8, 4) is 11.5 Å². The van der Waals surface area contributed by atoms with Gasteiger partial charge in [0, 0.05) is 53.2 Å². The summed E-state index contributed by atoms with van der Waals surface area (Å²) in [6, 6.07) is 5.89. The molecule has 1 saturated heterocycles. The van der Waals surface area contributed by atoms with Gasteiger partial charge in [-0.05, 0) is 17.7 Å². The van der Waals surface area contributed by atoms with Crippen LogP contribution in [0.3, 0.4) is 0 Å². The van der Waals surface area contributed by atoms with E-state index < -0.39 is 23.1 Å². The summed E-state index contributed by atoms with van der Waals surface area (Å²) in [5.74, 6) is 0.172. The van der Waals surface area contributed by atoms with Crippen molar-refractivity contribution in [3.05, 3.63) is 50.2 Å². The number of piperazine rings is 1. The summed E-state index contributed by atoms with van der Waals surface area (Å²) in [6.07, 6.45) is -0.103. The fraction of sp³-hybridized carbons (Fsp3) is 0.455. The van der Waals surface area contributed by atoms with Gasteiger partial charge in [0.05, 0.1) is 11.5 Å². The maximum Gasteiger partial charge on any atom is 0.332 e. The van der Waals surface area contributed by atoms with Crippen LogP contribution in [0.2, 0.25) is 0 Å². The number of fused-ring (bicyclic) bond motifs is 2. The number of nitrogens with zero attached hydrogens (tertiary/aromatic N) is 4. The molecule has 3 aliphatic heterocycles. The van der Waals surface area contributed by atoms with Gasteiger partial charge in [-0.25, -0.2) is 4.79 Å². The summed E-state index contributed by atoms with van der Waals surface area (Å²) in [7, 11) is 2.86. The first-order chi connectivity index (χ1) is 15.8. The monoisotopic (exact) mass is 455 g/mol. The maximum absolute atomic E-state index is 13.0. The van der Waals surface area contributed by atoms with Crippen LogP contribution >= 0.6 is 0 Å². The minimum absolute atomic E-state index is 0.103. The second kappa shape index (κ2) is 8.07. The van der Waals surface area contributed by atoms with Crippen LogP contribution in [0.15, 0.2) is 27.8 Å². The van der Waals surface area contributed by atoms with Gasteiger partial charge < -0.3 is 19.7 Å². The second-order valence-corrected chi connectivity index (χ2v) is 8.56. The van der Waals surface area contributed by atoms with E-state index in [9.17, 15) is 19.2 Å². The molecule has 5 rings (SSSR count). The first-order valence-corrected chi connectivity index (χ1v) is 10.8. The lowest BCUT2D eigenvalue weighted by Gasteiger charge is -2.35. The standard InChI is InChI=1S/C22H25N5O6/c1-24-19-18(21(30)25(2)22(24)31)14(20(29)23-19)10-17(28)27-7-5-26(6-8-27)11-13-3-4-15-16(9-13)33-12-32-15/h3-4,9,14H,5-8,10-12H2,1-2H3,(H,23,29). The lowest BCUT2D eigenvalue weighted by Crippen LogP contribution is -2.48. The van der Waals surface area contributed by atoms with Crippen molar-refractivity contribution in [2.45, 2.75) is 18.9 Å². The van der Waals surface area contributed by atoms with Crippen LogP contribution in [0.4, 0.5) is 5.82 Å². The van der Waals surface area contributed by atoms with Gasteiger partial charge in [0.2, 0.25) is 18.6 Å². The van der Waals surface area contributed by atoms with E-state index in [4.69, 9.17) is 9.47 Å². The van der Waals surface area contributed by atoms with Gasteiger partial charge >= 0.3 is 5.69 Å². The molecule has 0 spiro atoms. The zero-order valence-electron chi connectivity index (χ0n) is 18.5. The number of aromatic nitrogens is 2. The number of amides is 2. The number of ether oxygens (including phenoxy) is 2. The molecule has 174 valence electrons. The molecular formula is C22H25N5O6. The summed E-state index contributed by atoms with van der Waals surface area (Å²) >= 11 is 0. The molecule has 0 saturated carbocycles. The number of carbonyl (C=O) groups excluding carboxylic acids is 2. The number of anilines is 1. The molecule has 0 radical (unpaired) electrons. The summed E-state index contributed by atoms with van der Waals surface area (Å²) in [5.41, 5.74) is 0.224. The van der Waals surface area contributed by atoms with Crippen molar-refractivity contribution in [2.24, 2.45) is 14.1 Å². The predicted octanol–water partition coefficient (Wildman–Crippen LogP) is -0.417. The molecule has 2 aromatic rings. The van der Waals surface area contributed by atoms with Gasteiger partial charge in [0.25, 0.3) is 5.56 Å². The molecule has 1 aromatic carbocycles. The minimum atomic E-state index is -0.898. The van der Waals surface area contributed by atoms with Crippen molar-refractivity contribution >= 4 is 17.6 Å². The first-order valence-electron chi connectivity index (χ1n) is 10.8. The average molecular weight is 455 g/mol. The predicted molar refractivity (Wildman–Crippen MR) is 117 cm³/mol. The van der Waals surface area contributed by atoms with Gasteiger partial charge in [0.1, 0.15) is 5.82 Å². The Bertz CT molecular complexity index is 1260. The van der Waals surface area contributed by atoms with Crippen molar-refractivity contribution in [2.75, 3.05) is 38.3 Å². The number of hydrogen-bond donors (Lipinski definition) is 1. The smallest absolute Gasteiger partial charge is 0.332 e. The minimum Gasteiger partial charge on any atom is -0.454 e. The van der Waals surface area contributed by atoms with E-state index in [1.807, 2.05) is 18.2 Å². The van der Waals surface area contributed by atoms with Crippen LogP contribution in [0, 0.1) is 0 Å². The molecule has 1 fully saturated rings. The average Bonchev–Trinajstić information content (AvgIpc) is 3.41. The van der Waals surface area contributed by atoms with Crippen molar-refractivity contribution in [1.82, 2.24) is 18.9 Å². The highest BCUT2D eigenvalue weighted by molar-refractivity contribution is 6.04. The van der Waals surface area contributed by atoms with Crippen molar-refractivity contribution < 1.29 is 19.1 Å². The topological polar surface area (TPSA) is 115 Å². The maximum atomic E-state index is 13.0. The molecule has 1 aromatic heterocycles. The number of benzene rings is 1. The molecule has 0 aliphatic carbocycles. The van der Waals surface area contributed by atoms with E-state index in [1.165, 1.54) is 18.7 Å². The Labute approximate surface area is 189 Å². The van der Waals surface area contributed by atoms with Gasteiger partial charge in [-0.3, -0.25) is 28.4 Å². The third kappa shape index (κ3) is 3.67. The van der Waals surface area contributed by atoms with Gasteiger partial charge in [0.15, 0.2) is 11.5 Å². The SMILES string of the molecule is Cn1c2c(c(=O)n(C)c1=O)C(CC(=O)N1CCN(Cc3ccc4c(c3)OCO4)CC1)C(=O)N2. The normalized spacial score (nSPS) is 19.5. The van der Waals surface area contributed by atoms with Crippen LogP contribution in [-0.2, 0) is 30.2 Å². The lowest BCUT2D eigenvalue weighted by molar-refractivity contribution is -0.135. The molecule has 0 bridgehead atoms. The van der Waals surface area contributed by atoms with E-state index in [0.717, 1.165) is 28.2 Å². The summed E-state index contributed by atoms with van der Waals surface area (Å²) in [5, 5.41) is 2.60. The largest absolute Gasteiger partial charge is 0.454 e. The third-order valence-electron chi connectivity index (χ3n) is 6.55. The van der Waals surface area contributed by atoms with E-state index in [1.54, 1.807) is 4.90 Å². The Morgan fingerprint density at radius 2 is 1.76 bits per heavy atom. The fourth-order valence-corrected chi connectivity index (χ4v) is 4.62. The lowest BCUT2D eigenvalue weighted by atomic mass is 9.98. The second-order valence-electron chi connectivity index (χ2n) is 8.56. The Kier molecular flexibility index (Phi) is 5.20. The summed E-state index contributed by atoms with van der Waals surface area (Å²) in [4.78, 5) is 54.3. The first kappa shape index (κ1) is 21.3. The molecule has 2 amide bonds. The van der Waals surface area contributed by atoms with E-state index in [0.29, 0.717) is 26.2 Å². The third-order valence-corrected chi connectivity index (χ3v) is 6.55. The molecule has 4 heterocycles. The Hall–Kier alpha value is -3.60. The van der Waals surface area contributed by atoms with Crippen LogP contribution in [0.25, 0.3) is 0 Å². The molecule has 1 atom stereocenters. The Balaban J connectivity index is 1.22. The zero-order chi connectivity index (χ0) is 23.3. The fourth-order valence-electron chi connectivity index (χ4n) is 4.62. The van der Waals surface area contributed by atoms with Gasteiger partial charge in [-0.1, -0.05) is 6.07 Å². The van der Waals surface area contributed by atoms with Crippen LogP contribution in [0.5, 0.6) is 11.5 Å². The Morgan fingerprint density at radius 1 is 1.03 bits per heavy atom. The number of nitrogens with one attached hydrogen (secondary N) is 1. The molecule has 33 heavy (non-hydrogen) atoms. The molecule has 1 N–H and O–H groups in total. The van der Waals surface area contributed by atoms with E-state index >= 15 is 0 Å². The summed E-state index contributed by atoms with van der Waals surface area (Å²) in [6.45, 7) is 3.45. The number of rotatable bonds is 4. The van der Waals surface area contributed by atoms with E-state index in [-0.39, 0.29) is 30.5 Å². The number of carbonyl (C=O) groups is 2.